The van der Waals surface area contributed by atoms with Crippen LogP contribution in [0, 0.1) is 6.92 Å². The van der Waals surface area contributed by atoms with Gasteiger partial charge in [0.25, 0.3) is 5.91 Å². The molecule has 0 aliphatic rings. The van der Waals surface area contributed by atoms with Crippen LogP contribution in [0.25, 0.3) is 0 Å². The van der Waals surface area contributed by atoms with Gasteiger partial charge in [-0.2, -0.15) is 0 Å². The van der Waals surface area contributed by atoms with Crippen molar-refractivity contribution in [3.05, 3.63) is 53.1 Å². The Morgan fingerprint density at radius 3 is 2.60 bits per heavy atom. The summed E-state index contributed by atoms with van der Waals surface area (Å²) in [7, 11) is 3.09. The average Bonchev–Trinajstić information content (AvgIpc) is 2.65. The monoisotopic (exact) mass is 361 g/mol. The number of rotatable bonds is 7. The largest absolute Gasteiger partial charge is 0.497 e. The molecule has 1 atom stereocenters. The number of thioether (sulfide) groups is 1. The van der Waals surface area contributed by atoms with Crippen LogP contribution in [-0.4, -0.2) is 38.0 Å². The molecule has 0 aliphatic heterocycles. The second-order valence-corrected chi connectivity index (χ2v) is 6.39. The Labute approximate surface area is 152 Å². The van der Waals surface area contributed by atoms with Crippen LogP contribution in [0.3, 0.4) is 0 Å². The van der Waals surface area contributed by atoms with E-state index in [1.807, 2.05) is 31.4 Å². The molecule has 1 amide bonds. The van der Waals surface area contributed by atoms with Crippen molar-refractivity contribution in [2.24, 2.45) is 0 Å². The van der Waals surface area contributed by atoms with Gasteiger partial charge in [0, 0.05) is 22.6 Å². The van der Waals surface area contributed by atoms with Gasteiger partial charge in [-0.3, -0.25) is 4.79 Å². The van der Waals surface area contributed by atoms with Crippen molar-refractivity contribution in [2.45, 2.75) is 17.9 Å². The van der Waals surface area contributed by atoms with Crippen LogP contribution < -0.4 is 14.8 Å². The quantitative estimate of drug-likeness (QED) is 0.741. The highest BCUT2D eigenvalue weighted by Gasteiger charge is 2.17. The molecule has 134 valence electrons. The Hall–Kier alpha value is -2.18. The van der Waals surface area contributed by atoms with Crippen LogP contribution in [-0.2, 0) is 0 Å². The highest BCUT2D eigenvalue weighted by Crippen LogP contribution is 2.29. The summed E-state index contributed by atoms with van der Waals surface area (Å²) in [6, 6.07) is 10.9. The first-order valence-electron chi connectivity index (χ1n) is 7.83. The normalized spacial score (nSPS) is 11.7. The van der Waals surface area contributed by atoms with Gasteiger partial charge in [-0.15, -0.1) is 11.8 Å². The lowest BCUT2D eigenvalue weighted by Crippen LogP contribution is -2.29. The first kappa shape index (κ1) is 19.1. The molecule has 6 heteroatoms. The van der Waals surface area contributed by atoms with Crippen LogP contribution in [0.4, 0.5) is 0 Å². The van der Waals surface area contributed by atoms with E-state index in [0.29, 0.717) is 22.6 Å². The van der Waals surface area contributed by atoms with Crippen LogP contribution in [0.1, 0.15) is 27.6 Å². The third kappa shape index (κ3) is 4.67. The predicted octanol–water partition coefficient (Wildman–Crippen LogP) is 3.20. The Bertz CT molecular complexity index is 748. The highest BCUT2D eigenvalue weighted by molar-refractivity contribution is 7.98. The molecular formula is C19H23NO4S. The minimum absolute atomic E-state index is 0.0747. The van der Waals surface area contributed by atoms with Crippen molar-refractivity contribution in [3.63, 3.8) is 0 Å². The Morgan fingerprint density at radius 1 is 1.20 bits per heavy atom. The number of carbonyl (C=O) groups is 1. The number of amides is 1. The van der Waals surface area contributed by atoms with Crippen molar-refractivity contribution in [1.82, 2.24) is 5.32 Å². The second-order valence-electron chi connectivity index (χ2n) is 5.51. The summed E-state index contributed by atoms with van der Waals surface area (Å²) >= 11 is 1.58. The maximum Gasteiger partial charge on any atom is 0.251 e. The Kier molecular flexibility index (Phi) is 6.73. The molecule has 0 aliphatic carbocycles. The summed E-state index contributed by atoms with van der Waals surface area (Å²) < 4.78 is 10.5. The number of aryl methyl sites for hydroxylation is 1. The van der Waals surface area contributed by atoms with Gasteiger partial charge >= 0.3 is 0 Å². The van der Waals surface area contributed by atoms with Gasteiger partial charge in [-0.05, 0) is 49.1 Å². The van der Waals surface area contributed by atoms with Gasteiger partial charge in [0.05, 0.1) is 14.2 Å². The molecule has 0 aromatic heterocycles. The number of hydrogen-bond acceptors (Lipinski definition) is 5. The number of carbonyl (C=O) groups excluding carboxylic acids is 1. The molecule has 0 radical (unpaired) electrons. The van der Waals surface area contributed by atoms with E-state index in [0.717, 1.165) is 10.5 Å². The number of methoxy groups -OCH3 is 2. The molecular weight excluding hydrogens is 338 g/mol. The number of hydrogen-bond donors (Lipinski definition) is 2. The second kappa shape index (κ2) is 8.78. The van der Waals surface area contributed by atoms with Crippen LogP contribution in [0.5, 0.6) is 11.5 Å². The Morgan fingerprint density at radius 2 is 1.96 bits per heavy atom. The number of aliphatic hydroxyl groups is 1. The van der Waals surface area contributed by atoms with E-state index in [2.05, 4.69) is 5.32 Å². The first-order chi connectivity index (χ1) is 12.0. The van der Waals surface area contributed by atoms with E-state index in [-0.39, 0.29) is 12.5 Å². The minimum Gasteiger partial charge on any atom is -0.497 e. The van der Waals surface area contributed by atoms with E-state index in [4.69, 9.17) is 9.47 Å². The molecule has 1 unspecified atom stereocenters. The van der Waals surface area contributed by atoms with Gasteiger partial charge in [0.15, 0.2) is 0 Å². The van der Waals surface area contributed by atoms with Crippen LogP contribution in [0.2, 0.25) is 0 Å². The molecule has 2 aromatic carbocycles. The molecule has 5 nitrogen and oxygen atoms in total. The van der Waals surface area contributed by atoms with Gasteiger partial charge in [0.2, 0.25) is 0 Å². The van der Waals surface area contributed by atoms with Gasteiger partial charge in [0.1, 0.15) is 17.6 Å². The summed E-state index contributed by atoms with van der Waals surface area (Å²) in [5.74, 6) is 0.946. The Balaban J connectivity index is 2.12. The molecule has 2 aromatic rings. The van der Waals surface area contributed by atoms with E-state index in [1.165, 1.54) is 7.11 Å². The molecule has 0 spiro atoms. The molecule has 0 saturated heterocycles. The van der Waals surface area contributed by atoms with Gasteiger partial charge < -0.3 is 19.9 Å². The highest BCUT2D eigenvalue weighted by atomic mass is 32.2. The number of nitrogens with one attached hydrogen (secondary N) is 1. The molecule has 2 N–H and O–H groups in total. The maximum atomic E-state index is 12.5. The van der Waals surface area contributed by atoms with E-state index in [9.17, 15) is 9.90 Å². The summed E-state index contributed by atoms with van der Waals surface area (Å²) in [6.07, 6.45) is 1.06. The van der Waals surface area contributed by atoms with E-state index in [1.54, 1.807) is 37.1 Å². The zero-order valence-corrected chi connectivity index (χ0v) is 15.6. The fourth-order valence-electron chi connectivity index (χ4n) is 2.47. The average molecular weight is 361 g/mol. The van der Waals surface area contributed by atoms with Crippen molar-refractivity contribution < 1.29 is 19.4 Å². The standard InChI is InChI=1S/C19H23NO4S/c1-12-5-7-14(25-4)10-15(12)19(22)20-11-17(21)16-9-13(23-2)6-8-18(16)24-3/h5-10,17,21H,11H2,1-4H3,(H,20,22). The third-order valence-electron chi connectivity index (χ3n) is 3.94. The number of benzene rings is 2. The molecule has 0 fully saturated rings. The number of ether oxygens (including phenoxy) is 2. The van der Waals surface area contributed by atoms with Crippen LogP contribution in [0.15, 0.2) is 41.3 Å². The lowest BCUT2D eigenvalue weighted by molar-refractivity contribution is 0.0913. The lowest BCUT2D eigenvalue weighted by Gasteiger charge is -2.17. The molecule has 25 heavy (non-hydrogen) atoms. The smallest absolute Gasteiger partial charge is 0.251 e. The molecule has 2 rings (SSSR count). The predicted molar refractivity (Wildman–Crippen MR) is 99.8 cm³/mol. The maximum absolute atomic E-state index is 12.5. The molecule has 0 saturated carbocycles. The SMILES string of the molecule is COc1ccc(OC)c(C(O)CNC(=O)c2cc(SC)ccc2C)c1. The summed E-state index contributed by atoms with van der Waals surface area (Å²) in [4.78, 5) is 13.5. The van der Waals surface area contributed by atoms with Gasteiger partial charge in [-0.1, -0.05) is 6.07 Å². The lowest BCUT2D eigenvalue weighted by atomic mass is 10.1. The number of aliphatic hydroxyl groups excluding tert-OH is 1. The topological polar surface area (TPSA) is 67.8 Å². The fourth-order valence-corrected chi connectivity index (χ4v) is 2.91. The summed E-state index contributed by atoms with van der Waals surface area (Å²) in [5.41, 5.74) is 2.07. The fraction of sp³-hybridized carbons (Fsp3) is 0.316. The van der Waals surface area contributed by atoms with Crippen molar-refractivity contribution >= 4 is 17.7 Å². The molecule has 0 heterocycles. The van der Waals surface area contributed by atoms with Crippen molar-refractivity contribution in [2.75, 3.05) is 27.0 Å². The van der Waals surface area contributed by atoms with Crippen molar-refractivity contribution in [3.8, 4) is 11.5 Å². The minimum atomic E-state index is -0.905. The molecule has 0 bridgehead atoms. The zero-order chi connectivity index (χ0) is 18.4. The summed E-state index contributed by atoms with van der Waals surface area (Å²) in [5, 5.41) is 13.2. The van der Waals surface area contributed by atoms with Crippen LogP contribution >= 0.6 is 11.8 Å². The van der Waals surface area contributed by atoms with E-state index < -0.39 is 6.10 Å². The van der Waals surface area contributed by atoms with Gasteiger partial charge in [-0.25, -0.2) is 0 Å². The zero-order valence-electron chi connectivity index (χ0n) is 14.8. The van der Waals surface area contributed by atoms with Crippen molar-refractivity contribution in [1.29, 1.82) is 0 Å². The first-order valence-corrected chi connectivity index (χ1v) is 9.05. The summed E-state index contributed by atoms with van der Waals surface area (Å²) in [6.45, 7) is 1.96. The third-order valence-corrected chi connectivity index (χ3v) is 4.67. The van der Waals surface area contributed by atoms with E-state index >= 15 is 0 Å².